The van der Waals surface area contributed by atoms with Crippen molar-refractivity contribution in [1.29, 1.82) is 0 Å². The van der Waals surface area contributed by atoms with Crippen LogP contribution in [0.25, 0.3) is 11.4 Å². The van der Waals surface area contributed by atoms with Crippen LogP contribution in [-0.2, 0) is 0 Å². The summed E-state index contributed by atoms with van der Waals surface area (Å²) in [4.78, 5) is 7.63. The Morgan fingerprint density at radius 3 is 2.47 bits per heavy atom. The number of nitrogens with one attached hydrogen (secondary N) is 1. The summed E-state index contributed by atoms with van der Waals surface area (Å²) in [6.07, 6.45) is 0. The van der Waals surface area contributed by atoms with Gasteiger partial charge in [0.2, 0.25) is 0 Å². The van der Waals surface area contributed by atoms with E-state index in [-0.39, 0.29) is 0 Å². The molecule has 0 fully saturated rings. The molecule has 1 heterocycles. The predicted molar refractivity (Wildman–Crippen MR) is 59.9 cm³/mol. The fourth-order valence-corrected chi connectivity index (χ4v) is 1.49. The molecule has 0 spiro atoms. The number of nitrogens with zero attached hydrogens (tertiary/aromatic N) is 1. The quantitative estimate of drug-likeness (QED) is 0.747. The summed E-state index contributed by atoms with van der Waals surface area (Å²) < 4.78 is 0. The fourth-order valence-electron chi connectivity index (χ4n) is 1.49. The summed E-state index contributed by atoms with van der Waals surface area (Å²) in [6.45, 7) is 5.85. The van der Waals surface area contributed by atoms with Crippen LogP contribution >= 0.6 is 0 Å². The third-order valence-electron chi connectivity index (χ3n) is 2.60. The van der Waals surface area contributed by atoms with Crippen LogP contribution in [0.4, 0.5) is 0 Å². The first-order valence-corrected chi connectivity index (χ1v) is 4.91. The molecule has 0 unspecified atom stereocenters. The van der Waals surface area contributed by atoms with Crippen LogP contribution in [0.1, 0.15) is 17.0 Å². The van der Waals surface area contributed by atoms with Crippen molar-refractivity contribution < 1.29 is 5.11 Å². The topological polar surface area (TPSA) is 48.9 Å². The lowest BCUT2D eigenvalue weighted by molar-refractivity contribution is 0.471. The molecular formula is C12H14N2O. The maximum Gasteiger partial charge on any atom is 0.137 e. The van der Waals surface area contributed by atoms with Crippen molar-refractivity contribution in [2.75, 3.05) is 0 Å². The molecule has 1 aromatic carbocycles. The van der Waals surface area contributed by atoms with Crippen molar-refractivity contribution in [2.24, 2.45) is 0 Å². The summed E-state index contributed by atoms with van der Waals surface area (Å²) in [7, 11) is 0. The number of hydrogen-bond acceptors (Lipinski definition) is 2. The van der Waals surface area contributed by atoms with Gasteiger partial charge in [0.25, 0.3) is 0 Å². The Labute approximate surface area is 88.8 Å². The van der Waals surface area contributed by atoms with Crippen molar-refractivity contribution in [3.05, 3.63) is 35.2 Å². The molecule has 0 saturated carbocycles. The highest BCUT2D eigenvalue weighted by atomic mass is 16.3. The largest absolute Gasteiger partial charge is 0.508 e. The Hall–Kier alpha value is -1.77. The molecule has 0 atom stereocenters. The van der Waals surface area contributed by atoms with Gasteiger partial charge in [0, 0.05) is 11.3 Å². The van der Waals surface area contributed by atoms with E-state index in [0.717, 1.165) is 28.3 Å². The van der Waals surface area contributed by atoms with Crippen molar-refractivity contribution in [2.45, 2.75) is 20.8 Å². The lowest BCUT2D eigenvalue weighted by Gasteiger charge is -2.01. The molecule has 0 saturated heterocycles. The van der Waals surface area contributed by atoms with E-state index in [2.05, 4.69) is 9.97 Å². The average molecular weight is 202 g/mol. The predicted octanol–water partition coefficient (Wildman–Crippen LogP) is 2.71. The highest BCUT2D eigenvalue weighted by Gasteiger charge is 2.06. The summed E-state index contributed by atoms with van der Waals surface area (Å²) in [5.74, 6) is 1.17. The average Bonchev–Trinajstić information content (AvgIpc) is 2.52. The second-order valence-corrected chi connectivity index (χ2v) is 3.80. The van der Waals surface area contributed by atoms with Crippen LogP contribution in [0.15, 0.2) is 18.2 Å². The summed E-state index contributed by atoms with van der Waals surface area (Å²) in [5, 5.41) is 9.42. The van der Waals surface area contributed by atoms with E-state index in [0.29, 0.717) is 5.75 Å². The minimum absolute atomic E-state index is 0.318. The molecule has 2 N–H and O–H groups in total. The van der Waals surface area contributed by atoms with Gasteiger partial charge in [-0.25, -0.2) is 4.98 Å². The van der Waals surface area contributed by atoms with E-state index < -0.39 is 0 Å². The standard InChI is InChI=1S/C12H14N2O/c1-7-6-10(4-5-11(7)15)12-13-8(2)9(3)14-12/h4-6,15H,1-3H3,(H,13,14). The number of phenols is 1. The minimum atomic E-state index is 0.318. The molecule has 0 aliphatic heterocycles. The minimum Gasteiger partial charge on any atom is -0.508 e. The van der Waals surface area contributed by atoms with Gasteiger partial charge < -0.3 is 10.1 Å². The van der Waals surface area contributed by atoms with Crippen molar-refractivity contribution >= 4 is 0 Å². The molecule has 0 aliphatic carbocycles. The zero-order valence-electron chi connectivity index (χ0n) is 9.13. The van der Waals surface area contributed by atoms with Gasteiger partial charge in [-0.15, -0.1) is 0 Å². The Kier molecular flexibility index (Phi) is 2.23. The van der Waals surface area contributed by atoms with Gasteiger partial charge in [0.05, 0.1) is 5.69 Å². The Morgan fingerprint density at radius 1 is 1.20 bits per heavy atom. The van der Waals surface area contributed by atoms with Crippen LogP contribution in [0.5, 0.6) is 5.75 Å². The molecule has 3 nitrogen and oxygen atoms in total. The summed E-state index contributed by atoms with van der Waals surface area (Å²) >= 11 is 0. The summed E-state index contributed by atoms with van der Waals surface area (Å²) in [6, 6.07) is 5.48. The molecule has 3 heteroatoms. The van der Waals surface area contributed by atoms with Crippen molar-refractivity contribution in [1.82, 2.24) is 9.97 Å². The van der Waals surface area contributed by atoms with E-state index in [9.17, 15) is 5.11 Å². The number of phenolic OH excluding ortho intramolecular Hbond substituents is 1. The highest BCUT2D eigenvalue weighted by molar-refractivity contribution is 5.59. The number of H-pyrrole nitrogens is 1. The van der Waals surface area contributed by atoms with Crippen LogP contribution in [-0.4, -0.2) is 15.1 Å². The van der Waals surface area contributed by atoms with Gasteiger partial charge >= 0.3 is 0 Å². The second kappa shape index (κ2) is 3.42. The number of aryl methyl sites for hydroxylation is 3. The molecule has 2 rings (SSSR count). The van der Waals surface area contributed by atoms with Gasteiger partial charge in [-0.3, -0.25) is 0 Å². The molecule has 0 radical (unpaired) electrons. The Morgan fingerprint density at radius 2 is 1.93 bits per heavy atom. The second-order valence-electron chi connectivity index (χ2n) is 3.80. The highest BCUT2D eigenvalue weighted by Crippen LogP contribution is 2.23. The van der Waals surface area contributed by atoms with Crippen LogP contribution in [0, 0.1) is 20.8 Å². The zero-order chi connectivity index (χ0) is 11.0. The first-order valence-electron chi connectivity index (χ1n) is 4.91. The van der Waals surface area contributed by atoms with Gasteiger partial charge in [-0.1, -0.05) is 0 Å². The van der Waals surface area contributed by atoms with Crippen LogP contribution < -0.4 is 0 Å². The lowest BCUT2D eigenvalue weighted by atomic mass is 10.1. The molecule has 0 bridgehead atoms. The lowest BCUT2D eigenvalue weighted by Crippen LogP contribution is -1.82. The maximum absolute atomic E-state index is 9.42. The molecular weight excluding hydrogens is 188 g/mol. The fraction of sp³-hybridized carbons (Fsp3) is 0.250. The van der Waals surface area contributed by atoms with Gasteiger partial charge in [-0.05, 0) is 44.5 Å². The van der Waals surface area contributed by atoms with E-state index in [1.54, 1.807) is 6.07 Å². The first kappa shape index (κ1) is 9.77. The normalized spacial score (nSPS) is 10.6. The molecule has 0 amide bonds. The number of benzene rings is 1. The molecule has 1 aromatic heterocycles. The van der Waals surface area contributed by atoms with Crippen LogP contribution in [0.3, 0.4) is 0 Å². The van der Waals surface area contributed by atoms with Crippen molar-refractivity contribution in [3.8, 4) is 17.1 Å². The van der Waals surface area contributed by atoms with Crippen molar-refractivity contribution in [3.63, 3.8) is 0 Å². The van der Waals surface area contributed by atoms with Gasteiger partial charge in [0.1, 0.15) is 11.6 Å². The van der Waals surface area contributed by atoms with E-state index in [4.69, 9.17) is 0 Å². The number of aromatic nitrogens is 2. The zero-order valence-corrected chi connectivity index (χ0v) is 9.13. The van der Waals surface area contributed by atoms with E-state index in [1.165, 1.54) is 0 Å². The summed E-state index contributed by atoms with van der Waals surface area (Å²) in [5.41, 5.74) is 3.95. The van der Waals surface area contributed by atoms with Crippen LogP contribution in [0.2, 0.25) is 0 Å². The third-order valence-corrected chi connectivity index (χ3v) is 2.60. The van der Waals surface area contributed by atoms with Gasteiger partial charge in [0.15, 0.2) is 0 Å². The van der Waals surface area contributed by atoms with E-state index >= 15 is 0 Å². The molecule has 78 valence electrons. The Bertz CT molecular complexity index is 481. The Balaban J connectivity index is 2.49. The monoisotopic (exact) mass is 202 g/mol. The SMILES string of the molecule is Cc1cc(-c2nc(C)c(C)[nH]2)ccc1O. The van der Waals surface area contributed by atoms with E-state index in [1.807, 2.05) is 32.9 Å². The number of aromatic amines is 1. The molecule has 0 aliphatic rings. The molecule has 15 heavy (non-hydrogen) atoms. The number of aromatic hydroxyl groups is 1. The third kappa shape index (κ3) is 1.73. The van der Waals surface area contributed by atoms with Gasteiger partial charge in [-0.2, -0.15) is 0 Å². The smallest absolute Gasteiger partial charge is 0.137 e. The number of rotatable bonds is 1. The number of hydrogen-bond donors (Lipinski definition) is 2. The molecule has 2 aromatic rings. The maximum atomic E-state index is 9.42. The number of imidazole rings is 1. The first-order chi connectivity index (χ1) is 7.08.